The minimum Gasteiger partial charge on any atom is -0.497 e. The Hall–Kier alpha value is -2.96. The van der Waals surface area contributed by atoms with E-state index in [0.717, 1.165) is 54.4 Å². The molecule has 1 aromatic heterocycles. The van der Waals surface area contributed by atoms with Gasteiger partial charge in [-0.25, -0.2) is 0 Å². The number of aliphatic hydroxyl groups excluding tert-OH is 1. The standard InChI is InChI=1S/C30H36N2O4/c1-35-22-11-12-27-25(18-22)24(14-16-31-27)29(33)13-10-21-15-17-32(19-26(21)30(34)36-2)28-9-5-7-20-6-3-4-8-23(20)28/h3-4,6,8,11-12,14,16,18,21,26,28-29,33H,5,7,9-10,13,15,17,19H2,1-2H3. The van der Waals surface area contributed by atoms with Crippen LogP contribution in [-0.2, 0) is 16.0 Å². The van der Waals surface area contributed by atoms with Gasteiger partial charge in [-0.05, 0) is 91.9 Å². The molecule has 0 bridgehead atoms. The summed E-state index contributed by atoms with van der Waals surface area (Å²) < 4.78 is 10.6. The first kappa shape index (κ1) is 24.7. The zero-order chi connectivity index (χ0) is 25.1. The second kappa shape index (κ2) is 11.0. The third kappa shape index (κ3) is 4.97. The molecule has 4 unspecified atom stereocenters. The summed E-state index contributed by atoms with van der Waals surface area (Å²) in [4.78, 5) is 19.8. The van der Waals surface area contributed by atoms with E-state index in [-0.39, 0.29) is 17.8 Å². The number of benzene rings is 2. The minimum atomic E-state index is -0.635. The van der Waals surface area contributed by atoms with Crippen molar-refractivity contribution in [2.75, 3.05) is 27.3 Å². The molecule has 36 heavy (non-hydrogen) atoms. The molecule has 2 aromatic carbocycles. The van der Waals surface area contributed by atoms with E-state index >= 15 is 0 Å². The van der Waals surface area contributed by atoms with E-state index in [2.05, 4.69) is 34.1 Å². The van der Waals surface area contributed by atoms with Gasteiger partial charge in [0, 0.05) is 24.2 Å². The zero-order valence-corrected chi connectivity index (χ0v) is 21.2. The first-order valence-electron chi connectivity index (χ1n) is 13.1. The number of hydrogen-bond acceptors (Lipinski definition) is 6. The van der Waals surface area contributed by atoms with Crippen molar-refractivity contribution in [2.45, 2.75) is 50.7 Å². The molecule has 2 aliphatic rings. The van der Waals surface area contributed by atoms with Gasteiger partial charge >= 0.3 is 5.97 Å². The van der Waals surface area contributed by atoms with E-state index in [0.29, 0.717) is 19.0 Å². The molecule has 1 aliphatic carbocycles. The van der Waals surface area contributed by atoms with Crippen molar-refractivity contribution in [2.24, 2.45) is 11.8 Å². The van der Waals surface area contributed by atoms with Crippen molar-refractivity contribution in [1.82, 2.24) is 9.88 Å². The maximum atomic E-state index is 12.9. The smallest absolute Gasteiger partial charge is 0.310 e. The van der Waals surface area contributed by atoms with Crippen molar-refractivity contribution >= 4 is 16.9 Å². The van der Waals surface area contributed by atoms with Crippen molar-refractivity contribution in [3.05, 3.63) is 71.4 Å². The molecule has 0 saturated carbocycles. The van der Waals surface area contributed by atoms with Crippen molar-refractivity contribution in [3.63, 3.8) is 0 Å². The average molecular weight is 489 g/mol. The molecule has 1 aliphatic heterocycles. The van der Waals surface area contributed by atoms with Crippen LogP contribution in [-0.4, -0.2) is 48.3 Å². The summed E-state index contributed by atoms with van der Waals surface area (Å²) in [5.74, 6) is 0.609. The maximum Gasteiger partial charge on any atom is 0.310 e. The van der Waals surface area contributed by atoms with Gasteiger partial charge in [0.05, 0.1) is 31.8 Å². The van der Waals surface area contributed by atoms with Crippen molar-refractivity contribution in [1.29, 1.82) is 0 Å². The first-order valence-corrected chi connectivity index (χ1v) is 13.1. The zero-order valence-electron chi connectivity index (χ0n) is 21.2. The predicted molar refractivity (Wildman–Crippen MR) is 140 cm³/mol. The van der Waals surface area contributed by atoms with Crippen LogP contribution in [0.3, 0.4) is 0 Å². The van der Waals surface area contributed by atoms with E-state index < -0.39 is 6.10 Å². The number of methoxy groups -OCH3 is 2. The first-order chi connectivity index (χ1) is 17.6. The maximum absolute atomic E-state index is 12.9. The van der Waals surface area contributed by atoms with Crippen LogP contribution in [0.5, 0.6) is 5.75 Å². The summed E-state index contributed by atoms with van der Waals surface area (Å²) in [6.45, 7) is 1.67. The third-order valence-electron chi connectivity index (χ3n) is 8.22. The fourth-order valence-electron chi connectivity index (χ4n) is 6.27. The van der Waals surface area contributed by atoms with Gasteiger partial charge in [-0.1, -0.05) is 24.3 Å². The minimum absolute atomic E-state index is 0.137. The number of fused-ring (bicyclic) bond motifs is 2. The molecule has 0 spiro atoms. The van der Waals surface area contributed by atoms with Crippen LogP contribution in [0, 0.1) is 11.8 Å². The molecule has 3 aromatic rings. The SMILES string of the molecule is COC(=O)C1CN(C2CCCc3ccccc32)CCC1CCC(O)c1ccnc2ccc(OC)cc12. The summed E-state index contributed by atoms with van der Waals surface area (Å²) in [7, 11) is 3.12. The molecule has 190 valence electrons. The van der Waals surface area contributed by atoms with Crippen LogP contribution >= 0.6 is 0 Å². The van der Waals surface area contributed by atoms with Gasteiger partial charge in [-0.15, -0.1) is 0 Å². The number of ether oxygens (including phenoxy) is 2. The molecule has 1 N–H and O–H groups in total. The lowest BCUT2D eigenvalue weighted by Gasteiger charge is -2.43. The molecule has 2 heterocycles. The Kier molecular flexibility index (Phi) is 7.54. The number of rotatable bonds is 7. The summed E-state index contributed by atoms with van der Waals surface area (Å²) in [6, 6.07) is 16.7. The van der Waals surface area contributed by atoms with E-state index in [4.69, 9.17) is 9.47 Å². The van der Waals surface area contributed by atoms with Crippen LogP contribution in [0.4, 0.5) is 0 Å². The highest BCUT2D eigenvalue weighted by Crippen LogP contribution is 2.40. The monoisotopic (exact) mass is 488 g/mol. The second-order valence-electron chi connectivity index (χ2n) is 10.2. The molecule has 0 radical (unpaired) electrons. The Balaban J connectivity index is 1.30. The molecule has 6 nitrogen and oxygen atoms in total. The molecule has 6 heteroatoms. The van der Waals surface area contributed by atoms with Crippen molar-refractivity contribution in [3.8, 4) is 5.75 Å². The highest BCUT2D eigenvalue weighted by atomic mass is 16.5. The van der Waals surface area contributed by atoms with Crippen LogP contribution in [0.25, 0.3) is 10.9 Å². The number of nitrogens with zero attached hydrogens (tertiary/aromatic N) is 2. The lowest BCUT2D eigenvalue weighted by molar-refractivity contribution is -0.150. The van der Waals surface area contributed by atoms with Gasteiger partial charge in [0.15, 0.2) is 0 Å². The fraction of sp³-hybridized carbons (Fsp3) is 0.467. The van der Waals surface area contributed by atoms with Crippen LogP contribution < -0.4 is 4.74 Å². The van der Waals surface area contributed by atoms with Crippen LogP contribution in [0.1, 0.15) is 60.9 Å². The number of piperidine rings is 1. The predicted octanol–water partition coefficient (Wildman–Crippen LogP) is 5.25. The highest BCUT2D eigenvalue weighted by molar-refractivity contribution is 5.83. The van der Waals surface area contributed by atoms with Gasteiger partial charge in [-0.2, -0.15) is 0 Å². The van der Waals surface area contributed by atoms with E-state index in [1.165, 1.54) is 24.7 Å². The largest absolute Gasteiger partial charge is 0.497 e. The Morgan fingerprint density at radius 3 is 2.86 bits per heavy atom. The number of likely N-dealkylation sites (tertiary alicyclic amines) is 1. The molecule has 0 amide bonds. The Bertz CT molecular complexity index is 1210. The number of aromatic nitrogens is 1. The van der Waals surface area contributed by atoms with Gasteiger partial charge in [0.25, 0.3) is 0 Å². The van der Waals surface area contributed by atoms with E-state index in [1.54, 1.807) is 13.3 Å². The van der Waals surface area contributed by atoms with E-state index in [9.17, 15) is 9.90 Å². The quantitative estimate of drug-likeness (QED) is 0.458. The number of aryl methyl sites for hydroxylation is 1. The Morgan fingerprint density at radius 2 is 2.03 bits per heavy atom. The summed E-state index contributed by atoms with van der Waals surface area (Å²) in [5.41, 5.74) is 4.54. The topological polar surface area (TPSA) is 71.9 Å². The Morgan fingerprint density at radius 1 is 1.17 bits per heavy atom. The molecule has 1 fully saturated rings. The van der Waals surface area contributed by atoms with Crippen LogP contribution in [0.15, 0.2) is 54.7 Å². The summed E-state index contributed by atoms with van der Waals surface area (Å²) in [6.07, 6.45) is 6.83. The number of carbonyl (C=O) groups excluding carboxylic acids is 1. The van der Waals surface area contributed by atoms with Gasteiger partial charge in [-0.3, -0.25) is 14.7 Å². The summed E-state index contributed by atoms with van der Waals surface area (Å²) in [5, 5.41) is 12.1. The number of carbonyl (C=O) groups is 1. The fourth-order valence-corrected chi connectivity index (χ4v) is 6.27. The van der Waals surface area contributed by atoms with E-state index in [1.807, 2.05) is 24.3 Å². The Labute approximate surface area is 213 Å². The molecular formula is C30H36N2O4. The van der Waals surface area contributed by atoms with Crippen molar-refractivity contribution < 1.29 is 19.4 Å². The molecular weight excluding hydrogens is 452 g/mol. The molecule has 1 saturated heterocycles. The van der Waals surface area contributed by atoms with Gasteiger partial charge in [0.2, 0.25) is 0 Å². The normalized spacial score (nSPS) is 23.1. The number of pyridine rings is 1. The number of esters is 1. The average Bonchev–Trinajstić information content (AvgIpc) is 2.94. The second-order valence-corrected chi connectivity index (χ2v) is 10.2. The number of aliphatic hydroxyl groups is 1. The summed E-state index contributed by atoms with van der Waals surface area (Å²) >= 11 is 0. The molecule has 5 rings (SSSR count). The molecule has 4 atom stereocenters. The third-order valence-corrected chi connectivity index (χ3v) is 8.22. The van der Waals surface area contributed by atoms with Gasteiger partial charge < -0.3 is 14.6 Å². The van der Waals surface area contributed by atoms with Crippen LogP contribution in [0.2, 0.25) is 0 Å². The highest BCUT2D eigenvalue weighted by Gasteiger charge is 2.38. The lowest BCUT2D eigenvalue weighted by atomic mass is 9.79. The number of hydrogen-bond donors (Lipinski definition) is 1. The van der Waals surface area contributed by atoms with Gasteiger partial charge in [0.1, 0.15) is 5.75 Å². The lowest BCUT2D eigenvalue weighted by Crippen LogP contribution is -2.46.